The first kappa shape index (κ1) is 12.9. The number of ether oxygens (including phenoxy) is 1. The van der Waals surface area contributed by atoms with Gasteiger partial charge in [0.25, 0.3) is 0 Å². The summed E-state index contributed by atoms with van der Waals surface area (Å²) in [5.74, 6) is 1.54. The largest absolute Gasteiger partial charge is 0.461 e. The highest BCUT2D eigenvalue weighted by molar-refractivity contribution is 5.69. The van der Waals surface area contributed by atoms with Gasteiger partial charge < -0.3 is 10.5 Å². The minimum atomic E-state index is -0.232. The molecule has 3 atom stereocenters. The summed E-state index contributed by atoms with van der Waals surface area (Å²) in [5.41, 5.74) is 5.49. The van der Waals surface area contributed by atoms with Gasteiger partial charge in [-0.1, -0.05) is 13.8 Å². The molecular formula is C13H21N3O2. The highest BCUT2D eigenvalue weighted by atomic mass is 16.5. The first-order valence-electron chi connectivity index (χ1n) is 6.53. The van der Waals surface area contributed by atoms with Crippen molar-refractivity contribution in [3.8, 4) is 0 Å². The highest BCUT2D eigenvalue weighted by Crippen LogP contribution is 2.30. The number of esters is 1. The number of hydrogen-bond donors (Lipinski definition) is 1. The topological polar surface area (TPSA) is 70.1 Å². The summed E-state index contributed by atoms with van der Waals surface area (Å²) in [6, 6.07) is 1.66. The molecule has 0 radical (unpaired) electrons. The second kappa shape index (κ2) is 5.42. The molecule has 0 bridgehead atoms. The first-order chi connectivity index (χ1) is 8.54. The van der Waals surface area contributed by atoms with Crippen molar-refractivity contribution < 1.29 is 9.53 Å². The van der Waals surface area contributed by atoms with Crippen LogP contribution in [0, 0.1) is 11.8 Å². The standard InChI is InChI=1S/C13H21N3O2/c1-9-3-4-11(7-10(9)2)18-13(17)8-16-6-5-12(14)15-16/h5-6,9-11H,3-4,7-8H2,1-2H3,(H2,14,15). The molecule has 5 nitrogen and oxygen atoms in total. The van der Waals surface area contributed by atoms with Crippen molar-refractivity contribution in [3.05, 3.63) is 12.3 Å². The molecule has 1 aromatic rings. The van der Waals surface area contributed by atoms with Crippen molar-refractivity contribution >= 4 is 11.8 Å². The lowest BCUT2D eigenvalue weighted by Crippen LogP contribution is -2.30. The molecule has 1 heterocycles. The Hall–Kier alpha value is -1.52. The molecule has 1 aromatic heterocycles. The summed E-state index contributed by atoms with van der Waals surface area (Å²) in [6.07, 6.45) is 4.82. The number of aromatic nitrogens is 2. The van der Waals surface area contributed by atoms with Crippen molar-refractivity contribution in [2.45, 2.75) is 45.8 Å². The summed E-state index contributed by atoms with van der Waals surface area (Å²) in [5, 5.41) is 3.96. The zero-order chi connectivity index (χ0) is 13.1. The van der Waals surface area contributed by atoms with Gasteiger partial charge in [0.1, 0.15) is 18.5 Å². The van der Waals surface area contributed by atoms with E-state index >= 15 is 0 Å². The van der Waals surface area contributed by atoms with Crippen LogP contribution in [0.1, 0.15) is 33.1 Å². The predicted octanol–water partition coefficient (Wildman–Crippen LogP) is 1.83. The molecule has 1 aliphatic carbocycles. The monoisotopic (exact) mass is 251 g/mol. The first-order valence-corrected chi connectivity index (χ1v) is 6.53. The van der Waals surface area contributed by atoms with Crippen molar-refractivity contribution in [2.75, 3.05) is 5.73 Å². The molecular weight excluding hydrogens is 230 g/mol. The van der Waals surface area contributed by atoms with E-state index in [1.165, 1.54) is 4.68 Å². The van der Waals surface area contributed by atoms with Gasteiger partial charge in [-0.3, -0.25) is 9.48 Å². The quantitative estimate of drug-likeness (QED) is 0.832. The van der Waals surface area contributed by atoms with Crippen LogP contribution in [0.2, 0.25) is 0 Å². The molecule has 2 rings (SSSR count). The summed E-state index contributed by atoms with van der Waals surface area (Å²) < 4.78 is 6.99. The molecule has 1 fully saturated rings. The Balaban J connectivity index is 1.81. The Morgan fingerprint density at radius 3 is 2.89 bits per heavy atom. The van der Waals surface area contributed by atoms with Gasteiger partial charge in [0.05, 0.1) is 0 Å². The highest BCUT2D eigenvalue weighted by Gasteiger charge is 2.26. The van der Waals surface area contributed by atoms with Crippen molar-refractivity contribution in [1.82, 2.24) is 9.78 Å². The molecule has 5 heteroatoms. The Morgan fingerprint density at radius 2 is 2.28 bits per heavy atom. The zero-order valence-corrected chi connectivity index (χ0v) is 11.0. The summed E-state index contributed by atoms with van der Waals surface area (Å²) in [6.45, 7) is 4.62. The molecule has 18 heavy (non-hydrogen) atoms. The van der Waals surface area contributed by atoms with E-state index in [1.54, 1.807) is 12.3 Å². The normalized spacial score (nSPS) is 28.0. The van der Waals surface area contributed by atoms with Crippen molar-refractivity contribution in [2.24, 2.45) is 11.8 Å². The molecule has 0 saturated heterocycles. The lowest BCUT2D eigenvalue weighted by atomic mass is 9.80. The second-order valence-corrected chi connectivity index (χ2v) is 5.32. The molecule has 0 aromatic carbocycles. The van der Waals surface area contributed by atoms with Crippen LogP contribution < -0.4 is 5.73 Å². The number of carbonyl (C=O) groups excluding carboxylic acids is 1. The minimum absolute atomic E-state index is 0.0663. The van der Waals surface area contributed by atoms with Crippen molar-refractivity contribution in [1.29, 1.82) is 0 Å². The van der Waals surface area contributed by atoms with Gasteiger partial charge in [0.2, 0.25) is 0 Å². The van der Waals surface area contributed by atoms with Crippen LogP contribution in [0.4, 0.5) is 5.82 Å². The van der Waals surface area contributed by atoms with Crippen LogP contribution in [0.15, 0.2) is 12.3 Å². The molecule has 0 aliphatic heterocycles. The molecule has 3 unspecified atom stereocenters. The Bertz CT molecular complexity index is 416. The number of rotatable bonds is 3. The molecule has 0 spiro atoms. The number of nitrogens with zero attached hydrogens (tertiary/aromatic N) is 2. The van der Waals surface area contributed by atoms with Gasteiger partial charge >= 0.3 is 5.97 Å². The van der Waals surface area contributed by atoms with E-state index in [4.69, 9.17) is 10.5 Å². The third kappa shape index (κ3) is 3.24. The van der Waals surface area contributed by atoms with Gasteiger partial charge in [0.15, 0.2) is 0 Å². The van der Waals surface area contributed by atoms with E-state index in [2.05, 4.69) is 18.9 Å². The van der Waals surface area contributed by atoms with Gasteiger partial charge in [0, 0.05) is 6.20 Å². The van der Waals surface area contributed by atoms with E-state index in [1.807, 2.05) is 0 Å². The summed E-state index contributed by atoms with van der Waals surface area (Å²) >= 11 is 0. The fourth-order valence-electron chi connectivity index (χ4n) is 2.43. The number of hydrogen-bond acceptors (Lipinski definition) is 4. The Morgan fingerprint density at radius 1 is 1.50 bits per heavy atom. The minimum Gasteiger partial charge on any atom is -0.461 e. The molecule has 1 aliphatic rings. The third-order valence-electron chi connectivity index (χ3n) is 3.80. The summed E-state index contributed by atoms with van der Waals surface area (Å²) in [4.78, 5) is 11.8. The number of anilines is 1. The summed E-state index contributed by atoms with van der Waals surface area (Å²) in [7, 11) is 0. The maximum atomic E-state index is 11.8. The van der Waals surface area contributed by atoms with Crippen LogP contribution in [0.3, 0.4) is 0 Å². The number of carbonyl (C=O) groups is 1. The predicted molar refractivity (Wildman–Crippen MR) is 68.7 cm³/mol. The Kier molecular flexibility index (Phi) is 3.89. The van der Waals surface area contributed by atoms with E-state index in [0.717, 1.165) is 25.2 Å². The lowest BCUT2D eigenvalue weighted by Gasteiger charge is -2.31. The van der Waals surface area contributed by atoms with Gasteiger partial charge in [-0.2, -0.15) is 5.10 Å². The third-order valence-corrected chi connectivity index (χ3v) is 3.80. The zero-order valence-electron chi connectivity index (χ0n) is 11.0. The van der Waals surface area contributed by atoms with E-state index in [0.29, 0.717) is 11.7 Å². The maximum absolute atomic E-state index is 11.8. The van der Waals surface area contributed by atoms with Crippen LogP contribution in [0.5, 0.6) is 0 Å². The van der Waals surface area contributed by atoms with Gasteiger partial charge in [-0.25, -0.2) is 0 Å². The van der Waals surface area contributed by atoms with E-state index in [9.17, 15) is 4.79 Å². The fourth-order valence-corrected chi connectivity index (χ4v) is 2.43. The van der Waals surface area contributed by atoms with Gasteiger partial charge in [-0.05, 0) is 37.2 Å². The van der Waals surface area contributed by atoms with Crippen LogP contribution >= 0.6 is 0 Å². The average Bonchev–Trinajstić information content (AvgIpc) is 2.69. The van der Waals surface area contributed by atoms with Crippen LogP contribution in [-0.4, -0.2) is 21.9 Å². The van der Waals surface area contributed by atoms with E-state index in [-0.39, 0.29) is 18.6 Å². The fraction of sp³-hybridized carbons (Fsp3) is 0.692. The average molecular weight is 251 g/mol. The molecule has 2 N–H and O–H groups in total. The number of nitrogen functional groups attached to an aromatic ring is 1. The Labute approximate surface area is 107 Å². The maximum Gasteiger partial charge on any atom is 0.328 e. The van der Waals surface area contributed by atoms with Crippen LogP contribution in [-0.2, 0) is 16.1 Å². The molecule has 0 amide bonds. The molecule has 100 valence electrons. The lowest BCUT2D eigenvalue weighted by molar-refractivity contribution is -0.152. The van der Waals surface area contributed by atoms with Crippen molar-refractivity contribution in [3.63, 3.8) is 0 Å². The molecule has 1 saturated carbocycles. The smallest absolute Gasteiger partial charge is 0.328 e. The SMILES string of the molecule is CC1CCC(OC(=O)Cn2ccc(N)n2)CC1C. The second-order valence-electron chi connectivity index (χ2n) is 5.32. The van der Waals surface area contributed by atoms with Gasteiger partial charge in [-0.15, -0.1) is 0 Å². The van der Waals surface area contributed by atoms with Crippen LogP contribution in [0.25, 0.3) is 0 Å². The van der Waals surface area contributed by atoms with E-state index < -0.39 is 0 Å². The number of nitrogens with two attached hydrogens (primary N) is 1.